The van der Waals surface area contributed by atoms with E-state index in [0.29, 0.717) is 11.3 Å². The van der Waals surface area contributed by atoms with Gasteiger partial charge in [0.1, 0.15) is 5.75 Å². The zero-order chi connectivity index (χ0) is 18.7. The van der Waals surface area contributed by atoms with Gasteiger partial charge in [0, 0.05) is 5.56 Å². The number of methoxy groups -OCH3 is 1. The van der Waals surface area contributed by atoms with E-state index in [1.165, 1.54) is 31.4 Å². The number of amides is 1. The minimum atomic E-state index is -3.86. The maximum atomic E-state index is 12.2. The van der Waals surface area contributed by atoms with Gasteiger partial charge in [-0.25, -0.2) is 8.42 Å². The molecule has 2 rings (SSSR count). The van der Waals surface area contributed by atoms with Crippen molar-refractivity contribution in [2.45, 2.75) is 31.1 Å². The van der Waals surface area contributed by atoms with Crippen molar-refractivity contribution in [1.82, 2.24) is 10.3 Å². The van der Waals surface area contributed by atoms with Crippen molar-refractivity contribution in [3.63, 3.8) is 0 Å². The van der Waals surface area contributed by atoms with Gasteiger partial charge in [-0.1, -0.05) is 32.9 Å². The number of carbonyl (C=O) groups is 1. The molecule has 2 aromatic carbocycles. The van der Waals surface area contributed by atoms with Crippen LogP contribution in [0.15, 0.2) is 53.4 Å². The lowest BCUT2D eigenvalue weighted by molar-refractivity contribution is 0.0945. The first kappa shape index (κ1) is 19.0. The summed E-state index contributed by atoms with van der Waals surface area (Å²) in [5, 5.41) is 0. The van der Waals surface area contributed by atoms with Crippen LogP contribution in [0.2, 0.25) is 0 Å². The summed E-state index contributed by atoms with van der Waals surface area (Å²) in [6.45, 7) is 6.22. The predicted octanol–water partition coefficient (Wildman–Crippen LogP) is 2.62. The molecule has 2 aromatic rings. The Labute approximate surface area is 148 Å². The quantitative estimate of drug-likeness (QED) is 0.801. The van der Waals surface area contributed by atoms with E-state index in [9.17, 15) is 13.2 Å². The van der Waals surface area contributed by atoms with E-state index in [2.05, 4.69) is 31.0 Å². The van der Waals surface area contributed by atoms with Crippen molar-refractivity contribution in [1.29, 1.82) is 0 Å². The maximum absolute atomic E-state index is 12.2. The Balaban J connectivity index is 2.05. The molecule has 134 valence electrons. The van der Waals surface area contributed by atoms with E-state index >= 15 is 0 Å². The maximum Gasteiger partial charge on any atom is 0.266 e. The fourth-order valence-electron chi connectivity index (χ4n) is 2.12. The van der Waals surface area contributed by atoms with Gasteiger partial charge in [0.05, 0.1) is 12.0 Å². The summed E-state index contributed by atoms with van der Waals surface area (Å²) in [5.74, 6) is 0.0134. The van der Waals surface area contributed by atoms with Crippen LogP contribution < -0.4 is 15.0 Å². The zero-order valence-electron chi connectivity index (χ0n) is 14.7. The number of ether oxygens (including phenoxy) is 1. The van der Waals surface area contributed by atoms with Gasteiger partial charge < -0.3 is 4.74 Å². The molecule has 0 saturated carbocycles. The van der Waals surface area contributed by atoms with Crippen molar-refractivity contribution in [2.75, 3.05) is 7.11 Å². The Morgan fingerprint density at radius 2 is 1.52 bits per heavy atom. The van der Waals surface area contributed by atoms with E-state index < -0.39 is 15.9 Å². The second kappa shape index (κ2) is 7.25. The molecule has 0 unspecified atom stereocenters. The number of hydrogen-bond donors (Lipinski definition) is 2. The lowest BCUT2D eigenvalue weighted by atomic mass is 9.87. The highest BCUT2D eigenvalue weighted by molar-refractivity contribution is 7.89. The largest absolute Gasteiger partial charge is 0.497 e. The molecule has 0 aliphatic rings. The van der Waals surface area contributed by atoms with Crippen molar-refractivity contribution in [3.8, 4) is 5.75 Å². The lowest BCUT2D eigenvalue weighted by Crippen LogP contribution is -2.41. The first-order chi connectivity index (χ1) is 11.6. The lowest BCUT2D eigenvalue weighted by Gasteiger charge is -2.19. The summed E-state index contributed by atoms with van der Waals surface area (Å²) < 4.78 is 29.4. The molecule has 0 fully saturated rings. The molecule has 0 heterocycles. The Bertz CT molecular complexity index is 836. The summed E-state index contributed by atoms with van der Waals surface area (Å²) in [6, 6.07) is 12.9. The topological polar surface area (TPSA) is 84.5 Å². The SMILES string of the molecule is COc1ccc(S(=O)(=O)NNC(=O)c2ccc(C(C)(C)C)cc2)cc1. The van der Waals surface area contributed by atoms with Crippen LogP contribution in [0.1, 0.15) is 36.7 Å². The number of nitrogens with one attached hydrogen (secondary N) is 2. The van der Waals surface area contributed by atoms with Gasteiger partial charge in [-0.2, -0.15) is 0 Å². The van der Waals surface area contributed by atoms with Crippen LogP contribution in [0.5, 0.6) is 5.75 Å². The fraction of sp³-hybridized carbons (Fsp3) is 0.278. The summed E-state index contributed by atoms with van der Waals surface area (Å²) >= 11 is 0. The van der Waals surface area contributed by atoms with Gasteiger partial charge in [0.25, 0.3) is 15.9 Å². The highest BCUT2D eigenvalue weighted by atomic mass is 32.2. The van der Waals surface area contributed by atoms with Gasteiger partial charge in [-0.3, -0.25) is 10.2 Å². The van der Waals surface area contributed by atoms with Crippen LogP contribution in [-0.2, 0) is 15.4 Å². The highest BCUT2D eigenvalue weighted by Crippen LogP contribution is 2.22. The van der Waals surface area contributed by atoms with Crippen LogP contribution >= 0.6 is 0 Å². The number of hydrazine groups is 1. The van der Waals surface area contributed by atoms with E-state index in [1.54, 1.807) is 12.1 Å². The van der Waals surface area contributed by atoms with Crippen LogP contribution in [0.25, 0.3) is 0 Å². The third kappa shape index (κ3) is 4.80. The molecule has 0 saturated heterocycles. The molecule has 0 aliphatic heterocycles. The number of benzene rings is 2. The Hall–Kier alpha value is -2.38. The van der Waals surface area contributed by atoms with Gasteiger partial charge in [-0.05, 0) is 47.4 Å². The molecule has 0 spiro atoms. The fourth-order valence-corrected chi connectivity index (χ4v) is 2.96. The molecule has 25 heavy (non-hydrogen) atoms. The number of hydrogen-bond acceptors (Lipinski definition) is 4. The first-order valence-electron chi connectivity index (χ1n) is 7.70. The molecular formula is C18H22N2O4S. The second-order valence-corrected chi connectivity index (χ2v) is 8.24. The monoisotopic (exact) mass is 362 g/mol. The van der Waals surface area contributed by atoms with E-state index in [0.717, 1.165) is 5.56 Å². The zero-order valence-corrected chi connectivity index (χ0v) is 15.5. The van der Waals surface area contributed by atoms with Gasteiger partial charge in [0.15, 0.2) is 0 Å². The Morgan fingerprint density at radius 1 is 0.960 bits per heavy atom. The molecule has 0 radical (unpaired) electrons. The van der Waals surface area contributed by atoms with Gasteiger partial charge in [-0.15, -0.1) is 4.83 Å². The average Bonchev–Trinajstić information content (AvgIpc) is 2.59. The minimum Gasteiger partial charge on any atom is -0.497 e. The van der Waals surface area contributed by atoms with Crippen molar-refractivity contribution in [2.24, 2.45) is 0 Å². The first-order valence-corrected chi connectivity index (χ1v) is 9.18. The van der Waals surface area contributed by atoms with Crippen LogP contribution in [-0.4, -0.2) is 21.4 Å². The van der Waals surface area contributed by atoms with Crippen molar-refractivity contribution < 1.29 is 17.9 Å². The standard InChI is InChI=1S/C18H22N2O4S/c1-18(2,3)14-7-5-13(6-8-14)17(21)19-20-25(22,23)16-11-9-15(24-4)10-12-16/h5-12,20H,1-4H3,(H,19,21). The molecule has 0 aliphatic carbocycles. The van der Waals surface area contributed by atoms with Gasteiger partial charge in [0.2, 0.25) is 0 Å². The predicted molar refractivity (Wildman–Crippen MR) is 95.9 cm³/mol. The van der Waals surface area contributed by atoms with E-state index in [4.69, 9.17) is 4.74 Å². The molecule has 0 aromatic heterocycles. The number of sulfonamides is 1. The van der Waals surface area contributed by atoms with Crippen molar-refractivity contribution in [3.05, 3.63) is 59.7 Å². The Kier molecular flexibility index (Phi) is 5.49. The second-order valence-electron chi connectivity index (χ2n) is 6.56. The molecule has 6 nitrogen and oxygen atoms in total. The third-order valence-corrected chi connectivity index (χ3v) is 4.95. The highest BCUT2D eigenvalue weighted by Gasteiger charge is 2.17. The van der Waals surface area contributed by atoms with E-state index in [1.807, 2.05) is 12.1 Å². The van der Waals surface area contributed by atoms with Crippen LogP contribution in [0.4, 0.5) is 0 Å². The molecule has 0 bridgehead atoms. The summed E-state index contributed by atoms with van der Waals surface area (Å²) in [5.41, 5.74) is 3.65. The summed E-state index contributed by atoms with van der Waals surface area (Å²) in [4.78, 5) is 14.2. The smallest absolute Gasteiger partial charge is 0.266 e. The van der Waals surface area contributed by atoms with Crippen LogP contribution in [0, 0.1) is 0 Å². The summed E-state index contributed by atoms with van der Waals surface area (Å²) in [7, 11) is -2.36. The van der Waals surface area contributed by atoms with Crippen LogP contribution in [0.3, 0.4) is 0 Å². The summed E-state index contributed by atoms with van der Waals surface area (Å²) in [6.07, 6.45) is 0. The molecule has 7 heteroatoms. The molecular weight excluding hydrogens is 340 g/mol. The number of carbonyl (C=O) groups excluding carboxylic acids is 1. The molecule has 2 N–H and O–H groups in total. The normalized spacial score (nSPS) is 11.8. The van der Waals surface area contributed by atoms with Crippen molar-refractivity contribution >= 4 is 15.9 Å². The van der Waals surface area contributed by atoms with Gasteiger partial charge >= 0.3 is 0 Å². The average molecular weight is 362 g/mol. The molecule has 0 atom stereocenters. The molecule has 1 amide bonds. The van der Waals surface area contributed by atoms with E-state index in [-0.39, 0.29) is 10.3 Å². The Morgan fingerprint density at radius 3 is 2.00 bits per heavy atom. The number of rotatable bonds is 5. The third-order valence-electron chi connectivity index (χ3n) is 3.68. The minimum absolute atomic E-state index is 0.0229.